The number of nitrogens with two attached hydrogens (primary N) is 2. The molecule has 0 unspecified atom stereocenters. The van der Waals surface area contributed by atoms with Crippen LogP contribution in [0.4, 0.5) is 5.82 Å². The van der Waals surface area contributed by atoms with Crippen LogP contribution in [0.2, 0.25) is 5.15 Å². The van der Waals surface area contributed by atoms with Gasteiger partial charge in [0.2, 0.25) is 0 Å². The number of halogens is 1. The third-order valence-corrected chi connectivity index (χ3v) is 1.06. The molecule has 0 fully saturated rings. The molecular formula is C4H6ClN4+. The van der Waals surface area contributed by atoms with Crippen molar-refractivity contribution >= 4 is 17.4 Å². The van der Waals surface area contributed by atoms with Crippen LogP contribution in [0.1, 0.15) is 0 Å². The summed E-state index contributed by atoms with van der Waals surface area (Å²) < 4.78 is 1.20. The molecule has 48 valence electrons. The van der Waals surface area contributed by atoms with Crippen LogP contribution in [0, 0.1) is 0 Å². The quantitative estimate of drug-likeness (QED) is 0.376. The zero-order valence-electron chi connectivity index (χ0n) is 4.58. The van der Waals surface area contributed by atoms with Gasteiger partial charge in [-0.05, 0) is 0 Å². The van der Waals surface area contributed by atoms with Gasteiger partial charge in [0, 0.05) is 0 Å². The Kier molecular flexibility index (Phi) is 1.40. The number of rotatable bonds is 0. The first-order valence-corrected chi connectivity index (χ1v) is 2.65. The fourth-order valence-corrected chi connectivity index (χ4v) is 0.571. The van der Waals surface area contributed by atoms with Gasteiger partial charge in [0.05, 0.1) is 0 Å². The van der Waals surface area contributed by atoms with Crippen LogP contribution in [0.15, 0.2) is 12.4 Å². The van der Waals surface area contributed by atoms with Gasteiger partial charge in [0.1, 0.15) is 6.20 Å². The Morgan fingerprint density at radius 1 is 1.67 bits per heavy atom. The lowest BCUT2D eigenvalue weighted by Gasteiger charge is -1.91. The monoisotopic (exact) mass is 145 g/mol. The van der Waals surface area contributed by atoms with E-state index in [-0.39, 0.29) is 0 Å². The van der Waals surface area contributed by atoms with Crippen molar-refractivity contribution in [3.63, 3.8) is 0 Å². The third kappa shape index (κ3) is 1.20. The second-order valence-electron chi connectivity index (χ2n) is 1.54. The molecular weight excluding hydrogens is 140 g/mol. The van der Waals surface area contributed by atoms with E-state index in [0.29, 0.717) is 11.0 Å². The fraction of sp³-hybridized carbons (Fsp3) is 0. The first kappa shape index (κ1) is 6.10. The number of hydrogen-bond donors (Lipinski definition) is 2. The second kappa shape index (κ2) is 2.06. The minimum Gasteiger partial charge on any atom is -0.284 e. The van der Waals surface area contributed by atoms with Crippen molar-refractivity contribution in [2.75, 3.05) is 11.6 Å². The Morgan fingerprint density at radius 3 is 2.78 bits per heavy atom. The normalized spacial score (nSPS) is 9.44. The van der Waals surface area contributed by atoms with E-state index in [1.807, 2.05) is 0 Å². The summed E-state index contributed by atoms with van der Waals surface area (Å²) in [5, 5.41) is 0.326. The highest BCUT2D eigenvalue weighted by molar-refractivity contribution is 6.29. The van der Waals surface area contributed by atoms with Crippen LogP contribution in [-0.4, -0.2) is 4.98 Å². The molecule has 1 heterocycles. The van der Waals surface area contributed by atoms with E-state index in [2.05, 4.69) is 4.98 Å². The summed E-state index contributed by atoms with van der Waals surface area (Å²) in [5.74, 6) is 5.66. The number of aromatic nitrogens is 2. The zero-order chi connectivity index (χ0) is 6.85. The van der Waals surface area contributed by atoms with Crippen molar-refractivity contribution in [3.05, 3.63) is 17.5 Å². The lowest BCUT2D eigenvalue weighted by atomic mass is 10.7. The summed E-state index contributed by atoms with van der Waals surface area (Å²) in [4.78, 5) is 3.68. The Balaban J connectivity index is 3.17. The van der Waals surface area contributed by atoms with Crippen LogP contribution in [0.25, 0.3) is 0 Å². The number of nitrogens with zero attached hydrogens (tertiary/aromatic N) is 2. The van der Waals surface area contributed by atoms with Gasteiger partial charge in [-0.3, -0.25) is 11.6 Å². The topological polar surface area (TPSA) is 68.8 Å². The maximum Gasteiger partial charge on any atom is 0.314 e. The molecule has 0 radical (unpaired) electrons. The molecule has 0 amide bonds. The lowest BCUT2D eigenvalue weighted by molar-refractivity contribution is -0.624. The van der Waals surface area contributed by atoms with Gasteiger partial charge in [-0.2, -0.15) is 0 Å². The predicted octanol–water partition coefficient (Wildman–Crippen LogP) is -0.681. The van der Waals surface area contributed by atoms with Gasteiger partial charge < -0.3 is 0 Å². The molecule has 0 spiro atoms. The van der Waals surface area contributed by atoms with E-state index in [0.717, 1.165) is 0 Å². The molecule has 9 heavy (non-hydrogen) atoms. The summed E-state index contributed by atoms with van der Waals surface area (Å²) in [5.41, 5.74) is 5.31. The van der Waals surface area contributed by atoms with Crippen LogP contribution < -0.4 is 16.3 Å². The van der Waals surface area contributed by atoms with E-state index >= 15 is 0 Å². The third-order valence-electron chi connectivity index (χ3n) is 0.864. The molecule has 0 aliphatic rings. The fourth-order valence-electron chi connectivity index (χ4n) is 0.417. The van der Waals surface area contributed by atoms with Gasteiger partial charge >= 0.3 is 5.82 Å². The Bertz CT molecular complexity index is 224. The number of anilines is 1. The van der Waals surface area contributed by atoms with Crippen LogP contribution in [0.5, 0.6) is 0 Å². The van der Waals surface area contributed by atoms with E-state index in [1.165, 1.54) is 17.1 Å². The maximum absolute atomic E-state index is 5.45. The molecule has 0 atom stereocenters. The molecule has 0 aliphatic carbocycles. The van der Waals surface area contributed by atoms with Gasteiger partial charge in [0.15, 0.2) is 11.3 Å². The van der Waals surface area contributed by atoms with Gasteiger partial charge in [-0.1, -0.05) is 11.6 Å². The predicted molar refractivity (Wildman–Crippen MR) is 34.0 cm³/mol. The number of hydrogen-bond acceptors (Lipinski definition) is 3. The van der Waals surface area contributed by atoms with E-state index in [4.69, 9.17) is 23.2 Å². The Labute approximate surface area is 57.0 Å². The zero-order valence-corrected chi connectivity index (χ0v) is 5.34. The summed E-state index contributed by atoms with van der Waals surface area (Å²) in [7, 11) is 0. The first-order valence-electron chi connectivity index (χ1n) is 2.28. The van der Waals surface area contributed by atoms with Crippen LogP contribution in [0.3, 0.4) is 0 Å². The van der Waals surface area contributed by atoms with E-state index < -0.39 is 0 Å². The Hall–Kier alpha value is -1.03. The average Bonchev–Trinajstić information content (AvgIpc) is 1.80. The molecule has 0 saturated carbocycles. The van der Waals surface area contributed by atoms with Crippen LogP contribution in [-0.2, 0) is 0 Å². The summed E-state index contributed by atoms with van der Waals surface area (Å²) in [6.45, 7) is 0. The highest BCUT2D eigenvalue weighted by Gasteiger charge is 1.99. The molecule has 0 aliphatic heterocycles. The van der Waals surface area contributed by atoms with Gasteiger partial charge in [0.25, 0.3) is 0 Å². The van der Waals surface area contributed by atoms with Gasteiger partial charge in [-0.15, -0.1) is 4.68 Å². The molecule has 0 bridgehead atoms. The molecule has 5 heteroatoms. The molecule has 1 aromatic rings. The molecule has 1 rings (SSSR count). The molecule has 0 saturated heterocycles. The summed E-state index contributed by atoms with van der Waals surface area (Å²) >= 11 is 5.45. The van der Waals surface area contributed by atoms with E-state index in [1.54, 1.807) is 0 Å². The molecule has 0 aromatic carbocycles. The van der Waals surface area contributed by atoms with E-state index in [9.17, 15) is 0 Å². The molecule has 4 N–H and O–H groups in total. The first-order chi connectivity index (χ1) is 4.20. The lowest BCUT2D eigenvalue weighted by Crippen LogP contribution is -2.46. The van der Waals surface area contributed by atoms with Crippen molar-refractivity contribution < 1.29 is 4.68 Å². The van der Waals surface area contributed by atoms with Crippen molar-refractivity contribution in [3.8, 4) is 0 Å². The smallest absolute Gasteiger partial charge is 0.284 e. The Morgan fingerprint density at radius 2 is 2.33 bits per heavy atom. The van der Waals surface area contributed by atoms with Crippen molar-refractivity contribution in [1.29, 1.82) is 0 Å². The summed E-state index contributed by atoms with van der Waals surface area (Å²) in [6, 6.07) is 0. The SMILES string of the molecule is Nc1cnc(Cl)c[n+]1N. The maximum atomic E-state index is 5.45. The van der Waals surface area contributed by atoms with Crippen LogP contribution >= 0.6 is 11.6 Å². The number of nitrogen functional groups attached to an aromatic ring is 2. The minimum absolute atomic E-state index is 0.326. The molecule has 1 aromatic heterocycles. The van der Waals surface area contributed by atoms with Gasteiger partial charge in [-0.25, -0.2) is 4.98 Å². The average molecular weight is 146 g/mol. The highest BCUT2D eigenvalue weighted by Crippen LogP contribution is 1.97. The second-order valence-corrected chi connectivity index (χ2v) is 1.93. The largest absolute Gasteiger partial charge is 0.314 e. The standard InChI is InChI=1S/C4H5ClN4/c5-3-2-9(7)4(6)1-8-3/h1-2,6H,7H2/p+1. The molecule has 4 nitrogen and oxygen atoms in total. The van der Waals surface area contributed by atoms with Crippen molar-refractivity contribution in [2.45, 2.75) is 0 Å². The summed E-state index contributed by atoms with van der Waals surface area (Å²) in [6.07, 6.45) is 2.82. The highest BCUT2D eigenvalue weighted by atomic mass is 35.5. The van der Waals surface area contributed by atoms with Crippen molar-refractivity contribution in [1.82, 2.24) is 4.98 Å². The van der Waals surface area contributed by atoms with Crippen molar-refractivity contribution in [2.24, 2.45) is 0 Å². The minimum atomic E-state index is 0.326.